The quantitative estimate of drug-likeness (QED) is 0.385. The van der Waals surface area contributed by atoms with Crippen LogP contribution in [-0.4, -0.2) is 43.4 Å². The number of nitrogen functional groups attached to an aromatic ring is 1. The minimum Gasteiger partial charge on any atom is -0.398 e. The Morgan fingerprint density at radius 3 is 2.75 bits per heavy atom. The Labute approximate surface area is 141 Å². The summed E-state index contributed by atoms with van der Waals surface area (Å²) in [5, 5.41) is 4.79. The average Bonchev–Trinajstić information content (AvgIpc) is 2.59. The zero-order valence-electron chi connectivity index (χ0n) is 13.9. The molecule has 0 saturated carbocycles. The summed E-state index contributed by atoms with van der Waals surface area (Å²) in [4.78, 5) is 25.3. The fourth-order valence-electron chi connectivity index (χ4n) is 2.70. The van der Waals surface area contributed by atoms with Crippen molar-refractivity contribution in [3.8, 4) is 0 Å². The van der Waals surface area contributed by atoms with Gasteiger partial charge in [-0.2, -0.15) is 0 Å². The number of fused-ring (bicyclic) bond motifs is 1. The molecule has 128 valence electrons. The topological polar surface area (TPSA) is 101 Å². The normalized spacial score (nSPS) is 10.8. The molecule has 0 bridgehead atoms. The third-order valence-corrected chi connectivity index (χ3v) is 3.99. The molecule has 2 amide bonds. The summed E-state index contributed by atoms with van der Waals surface area (Å²) in [7, 11) is 0. The first-order valence-corrected chi connectivity index (χ1v) is 8.05. The van der Waals surface area contributed by atoms with Gasteiger partial charge in [0, 0.05) is 29.7 Å². The highest BCUT2D eigenvalue weighted by atomic mass is 16.2. The van der Waals surface area contributed by atoms with E-state index in [0.29, 0.717) is 37.3 Å². The molecule has 0 aliphatic carbocycles. The van der Waals surface area contributed by atoms with Gasteiger partial charge < -0.3 is 16.8 Å². The highest BCUT2D eigenvalue weighted by molar-refractivity contribution is 6.13. The molecule has 2 aromatic carbocycles. The highest BCUT2D eigenvalue weighted by Gasteiger charge is 2.19. The fraction of sp³-hybridized carbons (Fsp3) is 0.333. The van der Waals surface area contributed by atoms with Crippen LogP contribution in [0.15, 0.2) is 30.3 Å². The van der Waals surface area contributed by atoms with Crippen LogP contribution in [0.3, 0.4) is 0 Å². The Balaban J connectivity index is 2.23. The molecule has 2 aromatic rings. The van der Waals surface area contributed by atoms with Crippen molar-refractivity contribution in [1.29, 1.82) is 0 Å². The maximum atomic E-state index is 12.8. The summed E-state index contributed by atoms with van der Waals surface area (Å²) in [6.45, 7) is 4.15. The number of benzene rings is 2. The zero-order chi connectivity index (χ0) is 17.5. The Morgan fingerprint density at radius 1 is 1.25 bits per heavy atom. The molecule has 0 saturated heterocycles. The first-order valence-electron chi connectivity index (χ1n) is 8.05. The van der Waals surface area contributed by atoms with Gasteiger partial charge in [-0.3, -0.25) is 14.5 Å². The van der Waals surface area contributed by atoms with E-state index < -0.39 is 0 Å². The highest BCUT2D eigenvalue weighted by Crippen LogP contribution is 2.28. The van der Waals surface area contributed by atoms with E-state index in [-0.39, 0.29) is 5.91 Å². The van der Waals surface area contributed by atoms with Crippen LogP contribution in [0.5, 0.6) is 0 Å². The van der Waals surface area contributed by atoms with E-state index in [0.717, 1.165) is 29.3 Å². The van der Waals surface area contributed by atoms with Crippen molar-refractivity contribution in [2.45, 2.75) is 13.3 Å². The number of hydrogen-bond acceptors (Lipinski definition) is 5. The molecule has 2 rings (SSSR count). The number of rotatable bonds is 8. The third-order valence-electron chi connectivity index (χ3n) is 3.99. The van der Waals surface area contributed by atoms with Gasteiger partial charge in [0.15, 0.2) is 0 Å². The van der Waals surface area contributed by atoms with Crippen LogP contribution in [0.1, 0.15) is 22.3 Å². The molecule has 0 aliphatic heterocycles. The summed E-state index contributed by atoms with van der Waals surface area (Å²) in [5.41, 5.74) is 13.5. The van der Waals surface area contributed by atoms with Crippen LogP contribution < -0.4 is 16.8 Å². The molecule has 5 N–H and O–H groups in total. The summed E-state index contributed by atoms with van der Waals surface area (Å²) in [5.74, 6) is -0.315. The number of amides is 2. The van der Waals surface area contributed by atoms with Crippen molar-refractivity contribution < 1.29 is 9.59 Å². The molecule has 0 heterocycles. The smallest absolute Gasteiger partial charge is 0.260 e. The maximum Gasteiger partial charge on any atom is 0.260 e. The lowest BCUT2D eigenvalue weighted by molar-refractivity contribution is -0.115. The number of carbonyl (C=O) groups is 2. The van der Waals surface area contributed by atoms with Crippen molar-refractivity contribution in [3.05, 3.63) is 41.5 Å². The number of carbonyl (C=O) groups excluding carboxylic acids is 2. The van der Waals surface area contributed by atoms with Gasteiger partial charge in [-0.05, 0) is 49.5 Å². The van der Waals surface area contributed by atoms with Crippen molar-refractivity contribution in [2.24, 2.45) is 5.73 Å². The summed E-state index contributed by atoms with van der Waals surface area (Å²) in [6, 6.07) is 9.11. The second-order valence-corrected chi connectivity index (χ2v) is 5.70. The lowest BCUT2D eigenvalue weighted by atomic mass is 9.98. The lowest BCUT2D eigenvalue weighted by Crippen LogP contribution is -2.36. The Morgan fingerprint density at radius 2 is 2.04 bits per heavy atom. The van der Waals surface area contributed by atoms with E-state index in [1.807, 2.05) is 25.1 Å². The van der Waals surface area contributed by atoms with Crippen molar-refractivity contribution >= 4 is 28.8 Å². The van der Waals surface area contributed by atoms with E-state index in [2.05, 4.69) is 5.32 Å². The minimum atomic E-state index is -0.315. The number of nitrogens with two attached hydrogens (primary N) is 2. The Kier molecular flexibility index (Phi) is 6.28. The molecule has 0 atom stereocenters. The molecular weight excluding hydrogens is 304 g/mol. The number of imide groups is 1. The van der Waals surface area contributed by atoms with Crippen LogP contribution in [-0.2, 0) is 4.79 Å². The average molecular weight is 328 g/mol. The van der Waals surface area contributed by atoms with Gasteiger partial charge in [-0.15, -0.1) is 0 Å². The Bertz CT molecular complexity index is 730. The van der Waals surface area contributed by atoms with Crippen molar-refractivity contribution in [3.63, 3.8) is 0 Å². The van der Waals surface area contributed by atoms with E-state index in [9.17, 15) is 9.59 Å². The van der Waals surface area contributed by atoms with E-state index in [1.165, 1.54) is 4.90 Å². The largest absolute Gasteiger partial charge is 0.398 e. The monoisotopic (exact) mass is 328 g/mol. The molecule has 0 fully saturated rings. The second-order valence-electron chi connectivity index (χ2n) is 5.70. The van der Waals surface area contributed by atoms with Gasteiger partial charge in [0.2, 0.25) is 6.41 Å². The fourth-order valence-corrected chi connectivity index (χ4v) is 2.70. The first kappa shape index (κ1) is 17.9. The molecular formula is C18H24N4O2. The van der Waals surface area contributed by atoms with E-state index >= 15 is 0 Å². The standard InChI is InChI=1S/C18H24N4O2/c1-13-4-2-5-14-16(20)7-6-15(17(13)14)18(24)22(12-23)11-10-21-9-3-8-19/h2,4-7,12,21H,3,8-11,19-20H2,1H3. The van der Waals surface area contributed by atoms with Crippen LogP contribution >= 0.6 is 0 Å². The second kappa shape index (κ2) is 8.42. The molecule has 0 radical (unpaired) electrons. The zero-order valence-corrected chi connectivity index (χ0v) is 13.9. The first-order chi connectivity index (χ1) is 11.6. The Hall–Kier alpha value is -2.44. The van der Waals surface area contributed by atoms with Crippen LogP contribution in [0.2, 0.25) is 0 Å². The van der Waals surface area contributed by atoms with Crippen molar-refractivity contribution in [1.82, 2.24) is 10.2 Å². The van der Waals surface area contributed by atoms with Crippen LogP contribution in [0.25, 0.3) is 10.8 Å². The van der Waals surface area contributed by atoms with Gasteiger partial charge in [0.05, 0.1) is 0 Å². The molecule has 6 nitrogen and oxygen atoms in total. The summed E-state index contributed by atoms with van der Waals surface area (Å²) >= 11 is 0. The molecule has 0 aliphatic rings. The number of nitrogens with zero attached hydrogens (tertiary/aromatic N) is 1. The molecule has 0 unspecified atom stereocenters. The maximum absolute atomic E-state index is 12.8. The molecule has 0 spiro atoms. The van der Waals surface area contributed by atoms with Gasteiger partial charge in [-0.25, -0.2) is 0 Å². The molecule has 24 heavy (non-hydrogen) atoms. The van der Waals surface area contributed by atoms with Gasteiger partial charge in [0.1, 0.15) is 0 Å². The third kappa shape index (κ3) is 3.90. The molecule has 6 heteroatoms. The summed E-state index contributed by atoms with van der Waals surface area (Å²) in [6.07, 6.45) is 1.43. The van der Waals surface area contributed by atoms with E-state index in [1.54, 1.807) is 12.1 Å². The number of aryl methyl sites for hydroxylation is 1. The van der Waals surface area contributed by atoms with Gasteiger partial charge in [-0.1, -0.05) is 18.2 Å². The lowest BCUT2D eigenvalue weighted by Gasteiger charge is -2.18. The number of hydrogen-bond donors (Lipinski definition) is 3. The molecule has 0 aromatic heterocycles. The van der Waals surface area contributed by atoms with Crippen LogP contribution in [0.4, 0.5) is 5.69 Å². The SMILES string of the molecule is Cc1cccc2c(N)ccc(C(=O)N(C=O)CCNCCCN)c12. The van der Waals surface area contributed by atoms with Crippen LogP contribution in [0, 0.1) is 6.92 Å². The van der Waals surface area contributed by atoms with E-state index in [4.69, 9.17) is 11.5 Å². The van der Waals surface area contributed by atoms with Crippen molar-refractivity contribution in [2.75, 3.05) is 31.9 Å². The predicted octanol–water partition coefficient (Wildman–Crippen LogP) is 1.27. The predicted molar refractivity (Wildman–Crippen MR) is 96.7 cm³/mol. The van der Waals surface area contributed by atoms with Gasteiger partial charge in [0.25, 0.3) is 5.91 Å². The minimum absolute atomic E-state index is 0.310. The van der Waals surface area contributed by atoms with Gasteiger partial charge >= 0.3 is 0 Å². The summed E-state index contributed by atoms with van der Waals surface area (Å²) < 4.78 is 0. The number of nitrogens with one attached hydrogen (secondary N) is 1. The number of anilines is 1.